The largest absolute Gasteiger partial charge is 0.486 e. The van der Waals surface area contributed by atoms with Crippen molar-refractivity contribution in [2.75, 3.05) is 5.32 Å². The van der Waals surface area contributed by atoms with Gasteiger partial charge in [-0.25, -0.2) is 0 Å². The Morgan fingerprint density at radius 2 is 1.88 bits per heavy atom. The summed E-state index contributed by atoms with van der Waals surface area (Å²) < 4.78 is 6.60. The molecule has 4 rings (SSSR count). The highest BCUT2D eigenvalue weighted by molar-refractivity contribution is 9.10. The second kappa shape index (κ2) is 10.9. The van der Waals surface area contributed by atoms with Crippen LogP contribution in [-0.2, 0) is 17.8 Å². The second-order valence-corrected chi connectivity index (χ2v) is 10.2. The van der Waals surface area contributed by atoms with Gasteiger partial charge in [-0.15, -0.1) is 0 Å². The minimum atomic E-state index is -0.242. The minimum Gasteiger partial charge on any atom is -0.486 e. The third-order valence-electron chi connectivity index (χ3n) is 5.04. The average molecular weight is 564 g/mol. The molecule has 3 aromatic carbocycles. The number of ether oxygens (including phenoxy) is 1. The molecule has 1 aliphatic rings. The molecule has 8 heteroatoms. The monoisotopic (exact) mass is 562 g/mol. The summed E-state index contributed by atoms with van der Waals surface area (Å²) in [6, 6.07) is 19.3. The Morgan fingerprint density at radius 3 is 2.58 bits per heavy atom. The number of benzene rings is 3. The first-order valence-corrected chi connectivity index (χ1v) is 12.8. The van der Waals surface area contributed by atoms with E-state index in [1.165, 1.54) is 17.3 Å². The van der Waals surface area contributed by atoms with E-state index in [0.717, 1.165) is 23.2 Å². The number of aryl methyl sites for hydroxylation is 1. The number of anilines is 1. The van der Waals surface area contributed by atoms with Crippen molar-refractivity contribution in [3.8, 4) is 5.75 Å². The van der Waals surface area contributed by atoms with Gasteiger partial charge in [-0.2, -0.15) is 0 Å². The predicted molar refractivity (Wildman–Crippen MR) is 142 cm³/mol. The SMILES string of the molecule is CCc1ccc(N[C@@H]2NC(=O)/C(=C/c3cc(Cl)c(OCc4ccccc4Cl)c(Br)c3)S2)cc1. The van der Waals surface area contributed by atoms with Crippen LogP contribution < -0.4 is 15.4 Å². The van der Waals surface area contributed by atoms with Gasteiger partial charge in [0.1, 0.15) is 6.61 Å². The Labute approximate surface area is 215 Å². The van der Waals surface area contributed by atoms with Gasteiger partial charge in [0.25, 0.3) is 5.91 Å². The summed E-state index contributed by atoms with van der Waals surface area (Å²) in [7, 11) is 0. The van der Waals surface area contributed by atoms with Crippen molar-refractivity contribution in [2.45, 2.75) is 25.4 Å². The Morgan fingerprint density at radius 1 is 1.12 bits per heavy atom. The fraction of sp³-hybridized carbons (Fsp3) is 0.160. The lowest BCUT2D eigenvalue weighted by Crippen LogP contribution is -2.30. The molecule has 1 fully saturated rings. The number of carbonyl (C=O) groups is 1. The molecule has 0 saturated carbocycles. The fourth-order valence-electron chi connectivity index (χ4n) is 3.27. The Bertz CT molecular complexity index is 1180. The van der Waals surface area contributed by atoms with Crippen LogP contribution in [0, 0.1) is 0 Å². The highest BCUT2D eigenvalue weighted by Gasteiger charge is 2.27. The van der Waals surface area contributed by atoms with Gasteiger partial charge in [-0.1, -0.05) is 72.2 Å². The number of halogens is 3. The highest BCUT2D eigenvalue weighted by atomic mass is 79.9. The normalized spacial score (nSPS) is 16.7. The standard InChI is InChI=1S/C25H21BrCl2N2O2S/c1-2-15-7-9-18(10-8-15)29-25-30-24(31)22(33-25)13-16-11-19(26)23(21(28)12-16)32-14-17-5-3-4-6-20(17)27/h3-13,25,29H,2,14H2,1H3,(H,30,31)/b22-13-/t25-/m1/s1. The zero-order chi connectivity index (χ0) is 23.4. The highest BCUT2D eigenvalue weighted by Crippen LogP contribution is 2.37. The zero-order valence-corrected chi connectivity index (χ0v) is 21.6. The van der Waals surface area contributed by atoms with E-state index in [1.807, 2.05) is 48.5 Å². The maximum Gasteiger partial charge on any atom is 0.260 e. The van der Waals surface area contributed by atoms with Gasteiger partial charge in [-0.05, 0) is 69.9 Å². The van der Waals surface area contributed by atoms with Crippen LogP contribution in [0.2, 0.25) is 10.0 Å². The molecule has 0 spiro atoms. The number of nitrogens with one attached hydrogen (secondary N) is 2. The van der Waals surface area contributed by atoms with Gasteiger partial charge in [0.15, 0.2) is 11.2 Å². The van der Waals surface area contributed by atoms with E-state index in [-0.39, 0.29) is 11.4 Å². The average Bonchev–Trinajstić information content (AvgIpc) is 3.13. The van der Waals surface area contributed by atoms with Crippen molar-refractivity contribution in [3.05, 3.63) is 96.8 Å². The van der Waals surface area contributed by atoms with Gasteiger partial charge in [-0.3, -0.25) is 4.79 Å². The minimum absolute atomic E-state index is 0.131. The van der Waals surface area contributed by atoms with Crippen LogP contribution in [0.1, 0.15) is 23.6 Å². The maximum atomic E-state index is 12.5. The van der Waals surface area contributed by atoms with Crippen molar-refractivity contribution < 1.29 is 9.53 Å². The van der Waals surface area contributed by atoms with E-state index in [1.54, 1.807) is 6.07 Å². The predicted octanol–water partition coefficient (Wildman–Crippen LogP) is 7.50. The number of hydrogen-bond donors (Lipinski definition) is 2. The van der Waals surface area contributed by atoms with Crippen LogP contribution >= 0.6 is 50.9 Å². The Balaban J connectivity index is 1.44. The van der Waals surface area contributed by atoms with Gasteiger partial charge in [0.05, 0.1) is 14.4 Å². The van der Waals surface area contributed by atoms with Crippen LogP contribution in [-0.4, -0.2) is 11.4 Å². The lowest BCUT2D eigenvalue weighted by molar-refractivity contribution is -0.116. The summed E-state index contributed by atoms with van der Waals surface area (Å²) in [5, 5.41) is 7.36. The molecule has 1 saturated heterocycles. The van der Waals surface area contributed by atoms with E-state index >= 15 is 0 Å². The van der Waals surface area contributed by atoms with E-state index < -0.39 is 0 Å². The molecule has 0 unspecified atom stereocenters. The third-order valence-corrected chi connectivity index (χ3v) is 7.31. The number of hydrogen-bond acceptors (Lipinski definition) is 4. The summed E-state index contributed by atoms with van der Waals surface area (Å²) in [6.45, 7) is 2.41. The molecule has 0 aliphatic carbocycles. The molecular formula is C25H21BrCl2N2O2S. The van der Waals surface area contributed by atoms with Crippen molar-refractivity contribution in [1.82, 2.24) is 5.32 Å². The summed E-state index contributed by atoms with van der Waals surface area (Å²) in [4.78, 5) is 13.1. The Hall–Kier alpha value is -2.12. The molecule has 2 N–H and O–H groups in total. The molecule has 1 aliphatic heterocycles. The first-order chi connectivity index (χ1) is 15.9. The number of rotatable bonds is 7. The van der Waals surface area contributed by atoms with Crippen LogP contribution in [0.15, 0.2) is 70.0 Å². The molecule has 1 atom stereocenters. The smallest absolute Gasteiger partial charge is 0.260 e. The topological polar surface area (TPSA) is 50.4 Å². The van der Waals surface area contributed by atoms with Gasteiger partial charge in [0, 0.05) is 16.3 Å². The Kier molecular flexibility index (Phi) is 7.91. The van der Waals surface area contributed by atoms with Crippen molar-refractivity contribution in [3.63, 3.8) is 0 Å². The number of thioether (sulfide) groups is 1. The van der Waals surface area contributed by atoms with E-state index in [4.69, 9.17) is 27.9 Å². The van der Waals surface area contributed by atoms with Crippen LogP contribution in [0.25, 0.3) is 6.08 Å². The first kappa shape index (κ1) is 24.0. The van der Waals surface area contributed by atoms with Gasteiger partial charge >= 0.3 is 0 Å². The van der Waals surface area contributed by atoms with E-state index in [0.29, 0.717) is 31.8 Å². The van der Waals surface area contributed by atoms with Crippen molar-refractivity contribution in [2.24, 2.45) is 0 Å². The number of amides is 1. The molecule has 0 aromatic heterocycles. The summed E-state index contributed by atoms with van der Waals surface area (Å²) in [5.41, 5.74) is 3.65. The summed E-state index contributed by atoms with van der Waals surface area (Å²) in [5.74, 6) is 0.395. The molecule has 33 heavy (non-hydrogen) atoms. The summed E-state index contributed by atoms with van der Waals surface area (Å²) in [6.07, 6.45) is 2.81. The van der Waals surface area contributed by atoms with Crippen LogP contribution in [0.4, 0.5) is 5.69 Å². The van der Waals surface area contributed by atoms with E-state index in [9.17, 15) is 4.79 Å². The van der Waals surface area contributed by atoms with Crippen LogP contribution in [0.5, 0.6) is 5.75 Å². The first-order valence-electron chi connectivity index (χ1n) is 10.3. The molecule has 1 heterocycles. The molecule has 170 valence electrons. The van der Waals surface area contributed by atoms with Crippen molar-refractivity contribution in [1.29, 1.82) is 0 Å². The molecule has 3 aromatic rings. The van der Waals surface area contributed by atoms with E-state index in [2.05, 4.69) is 45.6 Å². The van der Waals surface area contributed by atoms with Crippen LogP contribution in [0.3, 0.4) is 0 Å². The fourth-order valence-corrected chi connectivity index (χ4v) is 5.43. The molecule has 0 bridgehead atoms. The molecule has 1 amide bonds. The quantitative estimate of drug-likeness (QED) is 0.292. The van der Waals surface area contributed by atoms with Gasteiger partial charge in [0.2, 0.25) is 0 Å². The lowest BCUT2D eigenvalue weighted by atomic mass is 10.1. The lowest BCUT2D eigenvalue weighted by Gasteiger charge is -2.13. The van der Waals surface area contributed by atoms with Crippen molar-refractivity contribution >= 4 is 68.6 Å². The maximum absolute atomic E-state index is 12.5. The summed E-state index contributed by atoms with van der Waals surface area (Å²) >= 11 is 17.6. The zero-order valence-electron chi connectivity index (χ0n) is 17.7. The number of carbonyl (C=O) groups excluding carboxylic acids is 1. The molecular weight excluding hydrogens is 543 g/mol. The van der Waals surface area contributed by atoms with Gasteiger partial charge < -0.3 is 15.4 Å². The molecule has 0 radical (unpaired) electrons. The third kappa shape index (κ3) is 6.07. The second-order valence-electron chi connectivity index (χ2n) is 7.37. The molecule has 4 nitrogen and oxygen atoms in total.